The summed E-state index contributed by atoms with van der Waals surface area (Å²) in [5.74, 6) is 0.167. The standard InChI is InChI=1S/C19H24N2O4/c1-3-25-17-6-4-5-16(11-17)15-9-7-14(8-10-15)12-20-18(13(2)22)19(23)21-24/h4-11,13,18,20,22,24H,3,12H2,1-2H3,(H,21,23). The summed E-state index contributed by atoms with van der Waals surface area (Å²) in [6, 6.07) is 14.9. The molecular formula is C19H24N2O4. The van der Waals surface area contributed by atoms with E-state index in [9.17, 15) is 9.90 Å². The largest absolute Gasteiger partial charge is 0.494 e. The van der Waals surface area contributed by atoms with Crippen molar-refractivity contribution >= 4 is 5.91 Å². The molecule has 0 aliphatic carbocycles. The van der Waals surface area contributed by atoms with Gasteiger partial charge in [-0.2, -0.15) is 0 Å². The van der Waals surface area contributed by atoms with Gasteiger partial charge in [0, 0.05) is 6.54 Å². The van der Waals surface area contributed by atoms with Gasteiger partial charge in [-0.15, -0.1) is 0 Å². The molecule has 2 unspecified atom stereocenters. The lowest BCUT2D eigenvalue weighted by Crippen LogP contribution is -2.49. The molecule has 0 spiro atoms. The molecule has 6 heteroatoms. The zero-order valence-electron chi connectivity index (χ0n) is 14.4. The molecule has 2 aromatic rings. The van der Waals surface area contributed by atoms with E-state index in [0.717, 1.165) is 22.4 Å². The minimum atomic E-state index is -0.923. The smallest absolute Gasteiger partial charge is 0.263 e. The van der Waals surface area contributed by atoms with Gasteiger partial charge in [-0.25, -0.2) is 5.48 Å². The number of carbonyl (C=O) groups excluding carboxylic acids is 1. The topological polar surface area (TPSA) is 90.8 Å². The monoisotopic (exact) mass is 344 g/mol. The predicted molar refractivity (Wildman–Crippen MR) is 95.3 cm³/mol. The van der Waals surface area contributed by atoms with Crippen molar-refractivity contribution in [2.75, 3.05) is 6.61 Å². The number of rotatable bonds is 8. The molecule has 0 heterocycles. The molecule has 1 amide bonds. The third-order valence-electron chi connectivity index (χ3n) is 3.83. The first-order chi connectivity index (χ1) is 12.0. The third-order valence-corrected chi connectivity index (χ3v) is 3.83. The van der Waals surface area contributed by atoms with Crippen LogP contribution in [0.5, 0.6) is 5.75 Å². The summed E-state index contributed by atoms with van der Waals surface area (Å²) >= 11 is 0. The highest BCUT2D eigenvalue weighted by Gasteiger charge is 2.22. The Morgan fingerprint density at radius 2 is 1.88 bits per heavy atom. The zero-order chi connectivity index (χ0) is 18.2. The van der Waals surface area contributed by atoms with Crippen LogP contribution in [0.25, 0.3) is 11.1 Å². The number of hydroxylamine groups is 1. The predicted octanol–water partition coefficient (Wildman–Crippen LogP) is 2.10. The van der Waals surface area contributed by atoms with E-state index in [4.69, 9.17) is 9.94 Å². The normalized spacial score (nSPS) is 13.1. The van der Waals surface area contributed by atoms with Crippen molar-refractivity contribution in [3.05, 3.63) is 54.1 Å². The number of hydrogen-bond donors (Lipinski definition) is 4. The van der Waals surface area contributed by atoms with Crippen molar-refractivity contribution in [3.8, 4) is 16.9 Å². The van der Waals surface area contributed by atoms with Gasteiger partial charge in [0.15, 0.2) is 0 Å². The molecule has 2 aromatic carbocycles. The van der Waals surface area contributed by atoms with E-state index in [1.54, 1.807) is 5.48 Å². The Kier molecular flexibility index (Phi) is 6.94. The Balaban J connectivity index is 2.04. The van der Waals surface area contributed by atoms with Crippen molar-refractivity contribution in [1.82, 2.24) is 10.8 Å². The molecule has 0 saturated heterocycles. The van der Waals surface area contributed by atoms with Crippen LogP contribution in [0.1, 0.15) is 19.4 Å². The van der Waals surface area contributed by atoms with Crippen molar-refractivity contribution in [2.45, 2.75) is 32.5 Å². The molecule has 6 nitrogen and oxygen atoms in total. The average molecular weight is 344 g/mol. The number of carbonyl (C=O) groups is 1. The molecular weight excluding hydrogens is 320 g/mol. The second kappa shape index (κ2) is 9.17. The second-order valence-corrected chi connectivity index (χ2v) is 5.73. The molecule has 2 atom stereocenters. The van der Waals surface area contributed by atoms with Gasteiger partial charge in [-0.3, -0.25) is 15.3 Å². The van der Waals surface area contributed by atoms with Crippen molar-refractivity contribution in [1.29, 1.82) is 0 Å². The summed E-state index contributed by atoms with van der Waals surface area (Å²) in [5.41, 5.74) is 4.64. The fourth-order valence-electron chi connectivity index (χ4n) is 2.53. The highest BCUT2D eigenvalue weighted by Crippen LogP contribution is 2.24. The van der Waals surface area contributed by atoms with E-state index in [-0.39, 0.29) is 0 Å². The molecule has 0 saturated carbocycles. The van der Waals surface area contributed by atoms with Gasteiger partial charge in [0.05, 0.1) is 12.7 Å². The number of amides is 1. The Labute approximate surface area is 147 Å². The lowest BCUT2D eigenvalue weighted by atomic mass is 10.0. The van der Waals surface area contributed by atoms with Crippen LogP contribution in [0, 0.1) is 0 Å². The maximum Gasteiger partial charge on any atom is 0.263 e. The number of ether oxygens (including phenoxy) is 1. The Morgan fingerprint density at radius 3 is 2.48 bits per heavy atom. The number of aliphatic hydroxyl groups is 1. The van der Waals surface area contributed by atoms with E-state index in [2.05, 4.69) is 5.32 Å². The van der Waals surface area contributed by atoms with Crippen molar-refractivity contribution < 1.29 is 19.8 Å². The molecule has 134 valence electrons. The molecule has 0 bridgehead atoms. The summed E-state index contributed by atoms with van der Waals surface area (Å²) in [7, 11) is 0. The Morgan fingerprint density at radius 1 is 1.16 bits per heavy atom. The molecule has 0 aliphatic heterocycles. The summed E-state index contributed by atoms with van der Waals surface area (Å²) < 4.78 is 5.52. The van der Waals surface area contributed by atoms with Gasteiger partial charge < -0.3 is 9.84 Å². The van der Waals surface area contributed by atoms with E-state index in [0.29, 0.717) is 13.2 Å². The van der Waals surface area contributed by atoms with Crippen LogP contribution in [-0.4, -0.2) is 35.0 Å². The van der Waals surface area contributed by atoms with Crippen LogP contribution in [0.15, 0.2) is 48.5 Å². The highest BCUT2D eigenvalue weighted by atomic mass is 16.5. The first-order valence-corrected chi connectivity index (χ1v) is 8.22. The van der Waals surface area contributed by atoms with Crippen LogP contribution in [-0.2, 0) is 11.3 Å². The second-order valence-electron chi connectivity index (χ2n) is 5.73. The molecule has 4 N–H and O–H groups in total. The van der Waals surface area contributed by atoms with Gasteiger partial charge in [0.1, 0.15) is 11.8 Å². The van der Waals surface area contributed by atoms with Crippen LogP contribution in [0.3, 0.4) is 0 Å². The quantitative estimate of drug-likeness (QED) is 0.435. The summed E-state index contributed by atoms with van der Waals surface area (Å²) in [5, 5.41) is 21.3. The van der Waals surface area contributed by atoms with Crippen molar-refractivity contribution in [3.63, 3.8) is 0 Å². The minimum absolute atomic E-state index is 0.391. The fraction of sp³-hybridized carbons (Fsp3) is 0.316. The number of hydrogen-bond acceptors (Lipinski definition) is 5. The zero-order valence-corrected chi connectivity index (χ0v) is 14.4. The average Bonchev–Trinajstić information content (AvgIpc) is 2.62. The number of benzene rings is 2. The molecule has 0 aromatic heterocycles. The van der Waals surface area contributed by atoms with Crippen LogP contribution >= 0.6 is 0 Å². The summed E-state index contributed by atoms with van der Waals surface area (Å²) in [4.78, 5) is 11.5. The van der Waals surface area contributed by atoms with E-state index in [1.165, 1.54) is 6.92 Å². The molecule has 0 fully saturated rings. The van der Waals surface area contributed by atoms with E-state index >= 15 is 0 Å². The lowest BCUT2D eigenvalue weighted by molar-refractivity contribution is -0.134. The lowest BCUT2D eigenvalue weighted by Gasteiger charge is -2.19. The van der Waals surface area contributed by atoms with Gasteiger partial charge in [0.25, 0.3) is 5.91 Å². The van der Waals surface area contributed by atoms with Gasteiger partial charge in [-0.1, -0.05) is 36.4 Å². The van der Waals surface area contributed by atoms with E-state index < -0.39 is 18.1 Å². The number of nitrogens with one attached hydrogen (secondary N) is 2. The third kappa shape index (κ3) is 5.29. The van der Waals surface area contributed by atoms with Crippen molar-refractivity contribution in [2.24, 2.45) is 0 Å². The maximum absolute atomic E-state index is 11.5. The first-order valence-electron chi connectivity index (χ1n) is 8.22. The SMILES string of the molecule is CCOc1cccc(-c2ccc(CNC(C(=O)NO)C(C)O)cc2)c1. The number of aliphatic hydroxyl groups excluding tert-OH is 1. The van der Waals surface area contributed by atoms with Crippen LogP contribution in [0.4, 0.5) is 0 Å². The Bertz CT molecular complexity index is 686. The Hall–Kier alpha value is -2.41. The first kappa shape index (κ1) is 18.9. The summed E-state index contributed by atoms with van der Waals surface area (Å²) in [6.45, 7) is 4.45. The van der Waals surface area contributed by atoms with Gasteiger partial charge in [-0.05, 0) is 42.7 Å². The van der Waals surface area contributed by atoms with E-state index in [1.807, 2.05) is 55.5 Å². The molecule has 0 radical (unpaired) electrons. The van der Waals surface area contributed by atoms with Gasteiger partial charge in [0.2, 0.25) is 0 Å². The summed E-state index contributed by atoms with van der Waals surface area (Å²) in [6.07, 6.45) is -0.923. The van der Waals surface area contributed by atoms with Gasteiger partial charge >= 0.3 is 0 Å². The van der Waals surface area contributed by atoms with Crippen LogP contribution in [0.2, 0.25) is 0 Å². The highest BCUT2D eigenvalue weighted by molar-refractivity contribution is 5.81. The molecule has 2 rings (SSSR count). The molecule has 25 heavy (non-hydrogen) atoms. The minimum Gasteiger partial charge on any atom is -0.494 e. The molecule has 0 aliphatic rings. The van der Waals surface area contributed by atoms with Crippen LogP contribution < -0.4 is 15.5 Å². The maximum atomic E-state index is 11.5. The fourth-order valence-corrected chi connectivity index (χ4v) is 2.53.